The zero-order valence-electron chi connectivity index (χ0n) is 46.5. The van der Waals surface area contributed by atoms with Gasteiger partial charge >= 0.3 is 11.9 Å². The number of cyclic esters (lactones) is 2. The van der Waals surface area contributed by atoms with Gasteiger partial charge in [0, 0.05) is 41.9 Å². The summed E-state index contributed by atoms with van der Waals surface area (Å²) in [5.41, 5.74) is 0.669. The Bertz CT molecular complexity index is 4470. The van der Waals surface area contributed by atoms with Crippen LogP contribution in [0.5, 0.6) is 40.2 Å². The number of imide groups is 3. The number of nitrogens with zero attached hydrogens (tertiary/aromatic N) is 3. The Hall–Kier alpha value is -10.3. The highest BCUT2D eigenvalue weighted by Gasteiger charge is 2.70. The molecule has 12 unspecified atom stereocenters. The Morgan fingerprint density at radius 2 is 0.562 bits per heavy atom. The average molecular weight is 1230 g/mol. The number of ether oxygens (including phenoxy) is 5. The molecule has 6 aliphatic carbocycles. The van der Waals surface area contributed by atoms with Gasteiger partial charge in [-0.05, 0) is 133 Å². The zero-order valence-corrected chi connectivity index (χ0v) is 48.1. The van der Waals surface area contributed by atoms with E-state index in [-0.39, 0.29) is 65.4 Å². The Kier molecular flexibility index (Phi) is 12.7. The number of amides is 6. The van der Waals surface area contributed by atoms with Crippen LogP contribution in [0.15, 0.2) is 214 Å². The molecule has 7 aromatic rings. The second-order valence-electron chi connectivity index (χ2n) is 23.0. The first-order valence-electron chi connectivity index (χ1n) is 28.4. The van der Waals surface area contributed by atoms with E-state index < -0.39 is 138 Å². The number of carbonyl (C=O) groups is 8. The molecular formula is C67H47N3O17S2. The van der Waals surface area contributed by atoms with E-state index in [1.54, 1.807) is 91.0 Å². The van der Waals surface area contributed by atoms with Crippen molar-refractivity contribution in [1.29, 1.82) is 0 Å². The van der Waals surface area contributed by atoms with E-state index in [1.165, 1.54) is 110 Å². The summed E-state index contributed by atoms with van der Waals surface area (Å²) in [6.45, 7) is 0. The van der Waals surface area contributed by atoms with E-state index in [0.717, 1.165) is 14.7 Å². The normalized spacial score (nSPS) is 27.0. The van der Waals surface area contributed by atoms with E-state index in [9.17, 15) is 55.2 Å². The fourth-order valence-electron chi connectivity index (χ4n) is 14.6. The Morgan fingerprint density at radius 1 is 0.315 bits per heavy atom. The monoisotopic (exact) mass is 1230 g/mol. The van der Waals surface area contributed by atoms with Crippen LogP contribution in [0.4, 0.5) is 17.1 Å². The number of esters is 2. The molecule has 22 heteroatoms. The van der Waals surface area contributed by atoms with Crippen molar-refractivity contribution in [2.24, 2.45) is 71.0 Å². The van der Waals surface area contributed by atoms with Gasteiger partial charge in [0.1, 0.15) is 40.2 Å². The van der Waals surface area contributed by atoms with Crippen LogP contribution in [0.2, 0.25) is 0 Å². The lowest BCUT2D eigenvalue weighted by Gasteiger charge is -2.44. The van der Waals surface area contributed by atoms with Crippen LogP contribution in [0.3, 0.4) is 0 Å². The number of methoxy groups -OCH3 is 1. The topological polar surface area (TPSA) is 261 Å². The lowest BCUT2D eigenvalue weighted by Crippen LogP contribution is -2.50. The number of sulfone groups is 2. The second-order valence-corrected chi connectivity index (χ2v) is 26.9. The summed E-state index contributed by atoms with van der Waals surface area (Å²) in [5.74, 6) is -12.2. The average Bonchev–Trinajstić information content (AvgIpc) is 1.58. The Labute approximate surface area is 507 Å². The maximum absolute atomic E-state index is 14.5. The molecule has 4 aliphatic heterocycles. The third kappa shape index (κ3) is 8.58. The minimum Gasteiger partial charge on any atom is -0.497 e. The van der Waals surface area contributed by atoms with Crippen LogP contribution < -0.4 is 33.6 Å². The number of allylic oxidation sites excluding steroid dienone is 4. The molecule has 6 amide bonds. The molecule has 17 rings (SSSR count). The third-order valence-electron chi connectivity index (χ3n) is 18.5. The molecule has 12 atom stereocenters. The van der Waals surface area contributed by atoms with Gasteiger partial charge in [0.05, 0.1) is 91.1 Å². The minimum absolute atomic E-state index is 0.0404. The van der Waals surface area contributed by atoms with E-state index >= 15 is 0 Å². The quantitative estimate of drug-likeness (QED) is 0.0426. The second kappa shape index (κ2) is 20.4. The summed E-state index contributed by atoms with van der Waals surface area (Å²) < 4.78 is 82.7. The molecule has 444 valence electrons. The maximum Gasteiger partial charge on any atom is 0.318 e. The van der Waals surface area contributed by atoms with Crippen molar-refractivity contribution in [3.63, 3.8) is 0 Å². The summed E-state index contributed by atoms with van der Waals surface area (Å²) in [6.07, 6.45) is 7.01. The standard InChI is InChI=1S/C67H47N3O17S2/c1-83-37-11-19-44(20-12-37)88(79,80)45-21-13-38(14-22-45)84-41-8-2-5-34(31-41)68-60(71)52-48-27-28-49(53(52)61(68)72)55-54(48)62(73)69(63(55)74)35-6-3-9-42(32-35)85-39-15-23-46(24-16-39)89(81,82)47-25-17-40(18-26-47)86-43-10-4-7-36(33-43)70-64(75)56-50-29-30-51(57(56)65(70)76)59-58(50)66(77)87-67(59)78/h2-33,48-59H,1H3. The molecule has 2 saturated carbocycles. The molecule has 89 heavy (non-hydrogen) atoms. The van der Waals surface area contributed by atoms with Gasteiger partial charge in [-0.2, -0.15) is 0 Å². The highest BCUT2D eigenvalue weighted by atomic mass is 32.2. The first-order chi connectivity index (χ1) is 42.9. The number of anilines is 3. The van der Waals surface area contributed by atoms with E-state index in [4.69, 9.17) is 23.7 Å². The van der Waals surface area contributed by atoms with Crippen molar-refractivity contribution in [1.82, 2.24) is 0 Å². The van der Waals surface area contributed by atoms with Crippen molar-refractivity contribution < 1.29 is 78.9 Å². The molecular weight excluding hydrogens is 1180 g/mol. The van der Waals surface area contributed by atoms with Crippen LogP contribution in [0.1, 0.15) is 0 Å². The molecule has 10 aliphatic rings. The third-order valence-corrected chi connectivity index (χ3v) is 22.0. The number of benzene rings is 7. The molecule has 20 nitrogen and oxygen atoms in total. The highest BCUT2D eigenvalue weighted by Crippen LogP contribution is 2.60. The smallest absolute Gasteiger partial charge is 0.318 e. The van der Waals surface area contributed by atoms with Crippen LogP contribution >= 0.6 is 0 Å². The molecule has 4 heterocycles. The van der Waals surface area contributed by atoms with Gasteiger partial charge in [-0.1, -0.05) is 42.5 Å². The molecule has 0 radical (unpaired) electrons. The van der Waals surface area contributed by atoms with Gasteiger partial charge in [0.2, 0.25) is 55.1 Å². The van der Waals surface area contributed by atoms with Gasteiger partial charge in [0.25, 0.3) is 0 Å². The first kappa shape index (κ1) is 55.3. The predicted octanol–water partition coefficient (Wildman–Crippen LogP) is 8.70. The summed E-state index contributed by atoms with van der Waals surface area (Å²) in [5, 5.41) is 0. The van der Waals surface area contributed by atoms with Crippen molar-refractivity contribution >= 4 is 84.1 Å². The van der Waals surface area contributed by atoms with Crippen molar-refractivity contribution in [2.45, 2.75) is 19.6 Å². The van der Waals surface area contributed by atoms with Crippen molar-refractivity contribution in [3.8, 4) is 40.2 Å². The molecule has 0 aromatic heterocycles. The summed E-state index contributed by atoms with van der Waals surface area (Å²) >= 11 is 0. The predicted molar refractivity (Wildman–Crippen MR) is 312 cm³/mol. The first-order valence-corrected chi connectivity index (χ1v) is 31.4. The largest absolute Gasteiger partial charge is 0.497 e. The van der Waals surface area contributed by atoms with E-state index in [0.29, 0.717) is 11.5 Å². The SMILES string of the molecule is COc1ccc(S(=O)(=O)c2ccc(Oc3cccc(N4C(=O)C5C6C=CC(C5C4=O)C4C(=O)N(c5cccc(Oc7ccc(S(=O)(=O)c8ccc(Oc9cccc(N%10C(=O)C%11C%12C=CC(C%13C(=O)OC(=O)C%12%13)C%11C%10=O)c9)cc8)cc7)c5)C(=O)C64)c3)cc2)cc1. The number of hydrogen-bond acceptors (Lipinski definition) is 17. The molecule has 4 saturated heterocycles. The molecule has 4 bridgehead atoms. The summed E-state index contributed by atoms with van der Waals surface area (Å²) in [4.78, 5) is 114. The fraction of sp³-hybridized carbons (Fsp3) is 0.194. The van der Waals surface area contributed by atoms with Crippen LogP contribution in [0, 0.1) is 71.0 Å². The van der Waals surface area contributed by atoms with Gasteiger partial charge in [0.15, 0.2) is 0 Å². The maximum atomic E-state index is 14.5. The number of carbonyl (C=O) groups excluding carboxylic acids is 8. The van der Waals surface area contributed by atoms with E-state index in [2.05, 4.69) is 0 Å². The molecule has 0 N–H and O–H groups in total. The Morgan fingerprint density at radius 3 is 0.820 bits per heavy atom. The van der Waals surface area contributed by atoms with Gasteiger partial charge < -0.3 is 23.7 Å². The number of rotatable bonds is 14. The van der Waals surface area contributed by atoms with Crippen LogP contribution in [-0.4, -0.2) is 71.3 Å². The summed E-state index contributed by atoms with van der Waals surface area (Å²) in [7, 11) is -6.44. The minimum atomic E-state index is -4.08. The van der Waals surface area contributed by atoms with Crippen molar-refractivity contribution in [2.75, 3.05) is 21.8 Å². The van der Waals surface area contributed by atoms with Crippen molar-refractivity contribution in [3.05, 3.63) is 194 Å². The molecule has 6 fully saturated rings. The molecule has 0 spiro atoms. The fourth-order valence-corrected chi connectivity index (χ4v) is 17.1. The van der Waals surface area contributed by atoms with Crippen LogP contribution in [-0.2, 0) is 62.8 Å². The lowest BCUT2D eigenvalue weighted by molar-refractivity contribution is -0.154. The van der Waals surface area contributed by atoms with Gasteiger partial charge in [-0.25, -0.2) is 31.5 Å². The van der Waals surface area contributed by atoms with Gasteiger partial charge in [-0.3, -0.25) is 38.4 Å². The highest BCUT2D eigenvalue weighted by molar-refractivity contribution is 7.91. The molecule has 7 aromatic carbocycles. The summed E-state index contributed by atoms with van der Waals surface area (Å²) in [6, 6.07) is 42.1. The lowest BCUT2D eigenvalue weighted by atomic mass is 9.54. The van der Waals surface area contributed by atoms with Gasteiger partial charge in [-0.15, -0.1) is 0 Å². The van der Waals surface area contributed by atoms with Crippen LogP contribution in [0.25, 0.3) is 0 Å². The Balaban J connectivity index is 0.585. The zero-order chi connectivity index (χ0) is 61.5. The number of hydrogen-bond donors (Lipinski definition) is 0. The van der Waals surface area contributed by atoms with E-state index in [1.807, 2.05) is 0 Å².